The van der Waals surface area contributed by atoms with Crippen LogP contribution >= 0.6 is 11.3 Å². The van der Waals surface area contributed by atoms with Gasteiger partial charge in [-0.3, -0.25) is 9.69 Å². The lowest BCUT2D eigenvalue weighted by molar-refractivity contribution is -0.119. The van der Waals surface area contributed by atoms with E-state index in [0.717, 1.165) is 28.3 Å². The van der Waals surface area contributed by atoms with Gasteiger partial charge in [-0.15, -0.1) is 11.3 Å². The molecule has 4 nitrogen and oxygen atoms in total. The Kier molecular flexibility index (Phi) is 4.49. The predicted molar refractivity (Wildman–Crippen MR) is 105 cm³/mol. The van der Waals surface area contributed by atoms with Gasteiger partial charge in [-0.25, -0.2) is 0 Å². The molecule has 5 heteroatoms. The van der Waals surface area contributed by atoms with Gasteiger partial charge < -0.3 is 10.2 Å². The van der Waals surface area contributed by atoms with Gasteiger partial charge in [-0.2, -0.15) is 0 Å². The Bertz CT molecular complexity index is 849. The highest BCUT2D eigenvalue weighted by atomic mass is 32.1. The summed E-state index contributed by atoms with van der Waals surface area (Å²) in [4.78, 5) is 15.7. The number of hydrogen-bond acceptors (Lipinski definition) is 4. The van der Waals surface area contributed by atoms with Crippen LogP contribution in [0.5, 0.6) is 0 Å². The van der Waals surface area contributed by atoms with Gasteiger partial charge >= 0.3 is 0 Å². The molecule has 1 aromatic heterocycles. The van der Waals surface area contributed by atoms with Gasteiger partial charge in [0.1, 0.15) is 5.00 Å². The second-order valence-electron chi connectivity index (χ2n) is 7.22. The van der Waals surface area contributed by atoms with Gasteiger partial charge in [-0.05, 0) is 37.3 Å². The van der Waals surface area contributed by atoms with Crippen molar-refractivity contribution >= 4 is 28.0 Å². The molecule has 2 aliphatic rings. The summed E-state index contributed by atoms with van der Waals surface area (Å²) in [6.45, 7) is 1.77. The first-order valence-electron chi connectivity index (χ1n) is 9.20. The van der Waals surface area contributed by atoms with E-state index >= 15 is 0 Å². The van der Waals surface area contributed by atoms with E-state index < -0.39 is 6.04 Å². The van der Waals surface area contributed by atoms with E-state index in [9.17, 15) is 15.0 Å². The minimum absolute atomic E-state index is 0.0335. The fraction of sp³-hybridized carbons (Fsp3) is 0.381. The summed E-state index contributed by atoms with van der Waals surface area (Å²) in [5.74, 6) is 0.227. The van der Waals surface area contributed by atoms with Crippen molar-refractivity contribution in [2.45, 2.75) is 45.1 Å². The highest BCUT2D eigenvalue weighted by molar-refractivity contribution is 7.20. The molecule has 26 heavy (non-hydrogen) atoms. The lowest BCUT2D eigenvalue weighted by Crippen LogP contribution is -2.42. The molecule has 4 rings (SSSR count). The van der Waals surface area contributed by atoms with Crippen LogP contribution in [0.2, 0.25) is 0 Å². The molecule has 1 aromatic carbocycles. The average Bonchev–Trinajstić information content (AvgIpc) is 3.31. The lowest BCUT2D eigenvalue weighted by Gasteiger charge is -2.33. The number of hydrogen-bond donors (Lipinski definition) is 2. The zero-order valence-electron chi connectivity index (χ0n) is 14.8. The summed E-state index contributed by atoms with van der Waals surface area (Å²) in [7, 11) is 0. The van der Waals surface area contributed by atoms with Crippen LogP contribution in [-0.4, -0.2) is 22.2 Å². The maximum Gasteiger partial charge on any atom is 0.228 e. The van der Waals surface area contributed by atoms with E-state index in [4.69, 9.17) is 0 Å². The number of rotatable bonds is 3. The third kappa shape index (κ3) is 2.90. The monoisotopic (exact) mass is 369 g/mol. The summed E-state index contributed by atoms with van der Waals surface area (Å²) >= 11 is 1.49. The number of carbonyl (C=O) groups excluding carboxylic acids is 1. The molecule has 136 valence electrons. The topological polar surface area (TPSA) is 60.8 Å². The Morgan fingerprint density at radius 2 is 1.88 bits per heavy atom. The van der Waals surface area contributed by atoms with Gasteiger partial charge in [0, 0.05) is 11.3 Å². The van der Waals surface area contributed by atoms with E-state index in [1.165, 1.54) is 24.2 Å². The molecular formula is C21H23NO3S. The quantitative estimate of drug-likeness (QED) is 0.749. The van der Waals surface area contributed by atoms with Crippen molar-refractivity contribution in [3.05, 3.63) is 47.7 Å². The van der Waals surface area contributed by atoms with Crippen molar-refractivity contribution in [3.8, 4) is 10.4 Å². The average molecular weight is 369 g/mol. The molecule has 2 heterocycles. The molecule has 1 fully saturated rings. The van der Waals surface area contributed by atoms with E-state index in [-0.39, 0.29) is 17.4 Å². The first kappa shape index (κ1) is 17.2. The number of aliphatic hydroxyl groups is 2. The fourth-order valence-electron chi connectivity index (χ4n) is 4.00. The maximum atomic E-state index is 13.0. The molecule has 1 amide bonds. The highest BCUT2D eigenvalue weighted by Gasteiger charge is 2.37. The molecule has 0 spiro atoms. The summed E-state index contributed by atoms with van der Waals surface area (Å²) in [6.07, 6.45) is 5.11. The van der Waals surface area contributed by atoms with Gasteiger partial charge in [0.15, 0.2) is 11.5 Å². The minimum Gasteiger partial charge on any atom is -0.506 e. The van der Waals surface area contributed by atoms with Crippen molar-refractivity contribution in [1.29, 1.82) is 0 Å². The standard InChI is InChI=1S/C21H23NO3S/c1-13-19(24)20(25)16-12-17(15-9-3-2-4-10-15)26-21(16)22(13)18(23)11-14-7-5-6-8-14/h2-4,9-10,12-14,24-25H,5-8,11H2,1H3. The molecule has 1 aliphatic heterocycles. The predicted octanol–water partition coefficient (Wildman–Crippen LogP) is 5.52. The van der Waals surface area contributed by atoms with Crippen LogP contribution in [0.3, 0.4) is 0 Å². The largest absolute Gasteiger partial charge is 0.506 e. The zero-order valence-corrected chi connectivity index (χ0v) is 15.6. The molecule has 0 saturated heterocycles. The molecule has 1 aliphatic carbocycles. The zero-order chi connectivity index (χ0) is 18.3. The first-order valence-corrected chi connectivity index (χ1v) is 10.0. The highest BCUT2D eigenvalue weighted by Crippen LogP contribution is 2.46. The Balaban J connectivity index is 1.72. The number of anilines is 1. The molecule has 2 N–H and O–H groups in total. The second-order valence-corrected chi connectivity index (χ2v) is 8.25. The van der Waals surface area contributed by atoms with E-state index in [1.807, 2.05) is 36.4 Å². The Hall–Kier alpha value is -2.27. The molecule has 0 radical (unpaired) electrons. The van der Waals surface area contributed by atoms with Gasteiger partial charge in [0.25, 0.3) is 0 Å². The number of fused-ring (bicyclic) bond motifs is 1. The van der Waals surface area contributed by atoms with Crippen LogP contribution in [0.15, 0.2) is 42.2 Å². The molecule has 1 unspecified atom stereocenters. The van der Waals surface area contributed by atoms with Gasteiger partial charge in [0.05, 0.1) is 11.6 Å². The fourth-order valence-corrected chi connectivity index (χ4v) is 5.26. The molecular weight excluding hydrogens is 346 g/mol. The van der Waals surface area contributed by atoms with Crippen molar-refractivity contribution in [1.82, 2.24) is 0 Å². The van der Waals surface area contributed by atoms with Crippen molar-refractivity contribution in [2.75, 3.05) is 4.90 Å². The SMILES string of the molecule is CC1C(O)=C(O)c2cc(-c3ccccc3)sc2N1C(=O)CC1CCCC1. The molecule has 1 atom stereocenters. The first-order chi connectivity index (χ1) is 12.6. The normalized spacial score (nSPS) is 20.5. The molecule has 2 aromatic rings. The number of carbonyl (C=O) groups is 1. The summed E-state index contributed by atoms with van der Waals surface area (Å²) in [5, 5.41) is 21.6. The Morgan fingerprint density at radius 3 is 2.58 bits per heavy atom. The van der Waals surface area contributed by atoms with Crippen LogP contribution in [0, 0.1) is 5.92 Å². The summed E-state index contributed by atoms with van der Waals surface area (Å²) < 4.78 is 0. The van der Waals surface area contributed by atoms with Crippen molar-refractivity contribution < 1.29 is 15.0 Å². The van der Waals surface area contributed by atoms with E-state index in [1.54, 1.807) is 11.8 Å². The smallest absolute Gasteiger partial charge is 0.228 e. The minimum atomic E-state index is -0.543. The van der Waals surface area contributed by atoms with Crippen LogP contribution in [0.4, 0.5) is 5.00 Å². The number of thiophene rings is 1. The summed E-state index contributed by atoms with van der Waals surface area (Å²) in [5.41, 5.74) is 1.58. The van der Waals surface area contributed by atoms with Crippen molar-refractivity contribution in [3.63, 3.8) is 0 Å². The van der Waals surface area contributed by atoms with Crippen LogP contribution in [0.25, 0.3) is 16.2 Å². The second kappa shape index (κ2) is 6.80. The number of aliphatic hydroxyl groups excluding tert-OH is 2. The third-order valence-electron chi connectivity index (χ3n) is 5.48. The number of benzene rings is 1. The third-order valence-corrected chi connectivity index (χ3v) is 6.66. The van der Waals surface area contributed by atoms with Crippen LogP contribution < -0.4 is 4.90 Å². The maximum absolute atomic E-state index is 13.0. The number of nitrogens with zero attached hydrogens (tertiary/aromatic N) is 1. The lowest BCUT2D eigenvalue weighted by atomic mass is 10.00. The van der Waals surface area contributed by atoms with Gasteiger partial charge in [0.2, 0.25) is 5.91 Å². The van der Waals surface area contributed by atoms with E-state index in [2.05, 4.69) is 0 Å². The molecule has 0 bridgehead atoms. The Morgan fingerprint density at radius 1 is 1.19 bits per heavy atom. The molecule has 1 saturated carbocycles. The Labute approximate surface area is 157 Å². The van der Waals surface area contributed by atoms with Crippen LogP contribution in [0.1, 0.15) is 44.6 Å². The van der Waals surface area contributed by atoms with E-state index in [0.29, 0.717) is 17.9 Å². The van der Waals surface area contributed by atoms with Crippen molar-refractivity contribution in [2.24, 2.45) is 5.92 Å². The van der Waals surface area contributed by atoms with Crippen LogP contribution in [-0.2, 0) is 4.79 Å². The van der Waals surface area contributed by atoms with Gasteiger partial charge in [-0.1, -0.05) is 43.2 Å². The number of amides is 1. The summed E-state index contributed by atoms with van der Waals surface area (Å²) in [6, 6.07) is 11.2.